The Morgan fingerprint density at radius 3 is 2.42 bits per heavy atom. The first-order valence-electron chi connectivity index (χ1n) is 6.94. The van der Waals surface area contributed by atoms with Gasteiger partial charge in [-0.15, -0.1) is 0 Å². The monoisotopic (exact) mass is 264 g/mol. The lowest BCUT2D eigenvalue weighted by atomic mass is 10.0. The molecule has 0 radical (unpaired) electrons. The molecule has 2 rings (SSSR count). The van der Waals surface area contributed by atoms with E-state index < -0.39 is 0 Å². The van der Waals surface area contributed by atoms with Crippen molar-refractivity contribution in [2.24, 2.45) is 11.7 Å². The van der Waals surface area contributed by atoms with Crippen LogP contribution in [0.5, 0.6) is 11.5 Å². The summed E-state index contributed by atoms with van der Waals surface area (Å²) in [7, 11) is 0. The molecule has 1 aromatic rings. The van der Waals surface area contributed by atoms with Gasteiger partial charge >= 0.3 is 0 Å². The van der Waals surface area contributed by atoms with Crippen LogP contribution in [-0.4, -0.2) is 25.8 Å². The molecule has 0 bridgehead atoms. The first-order valence-corrected chi connectivity index (χ1v) is 6.94. The third kappa shape index (κ3) is 3.39. The van der Waals surface area contributed by atoms with Gasteiger partial charge in [-0.05, 0) is 36.1 Å². The number of nitrogens with two attached hydrogens (primary N) is 1. The number of hydrogen-bond acceptors (Lipinski definition) is 4. The number of nitrogens with one attached hydrogen (secondary N) is 1. The predicted molar refractivity (Wildman–Crippen MR) is 76.7 cm³/mol. The molecule has 1 atom stereocenters. The Balaban J connectivity index is 2.08. The Hall–Kier alpha value is -1.26. The second-order valence-electron chi connectivity index (χ2n) is 5.39. The molecular formula is C15H24N2O2. The molecule has 0 saturated heterocycles. The first kappa shape index (κ1) is 14.2. The molecule has 0 fully saturated rings. The summed E-state index contributed by atoms with van der Waals surface area (Å²) in [5, 5.41) is 3.51. The van der Waals surface area contributed by atoms with E-state index >= 15 is 0 Å². The molecule has 1 aliphatic rings. The van der Waals surface area contributed by atoms with Crippen LogP contribution in [0.4, 0.5) is 0 Å². The fourth-order valence-corrected chi connectivity index (χ4v) is 2.26. The predicted octanol–water partition coefficient (Wildman–Crippen LogP) is 1.84. The quantitative estimate of drug-likeness (QED) is 0.852. The SMILES string of the molecule is Cc1cc2c(cc1CNC(CN)C(C)C)OCCO2. The summed E-state index contributed by atoms with van der Waals surface area (Å²) < 4.78 is 11.2. The Bertz CT molecular complexity index is 432. The van der Waals surface area contributed by atoms with Gasteiger partial charge in [0.05, 0.1) is 0 Å². The minimum atomic E-state index is 0.340. The van der Waals surface area contributed by atoms with Gasteiger partial charge in [-0.2, -0.15) is 0 Å². The van der Waals surface area contributed by atoms with Crippen molar-refractivity contribution >= 4 is 0 Å². The van der Waals surface area contributed by atoms with Gasteiger partial charge in [0, 0.05) is 19.1 Å². The van der Waals surface area contributed by atoms with E-state index in [0.29, 0.717) is 31.7 Å². The molecule has 0 spiro atoms. The van der Waals surface area contributed by atoms with Crippen LogP contribution < -0.4 is 20.5 Å². The number of hydrogen-bond donors (Lipinski definition) is 2. The summed E-state index contributed by atoms with van der Waals surface area (Å²) in [4.78, 5) is 0. The van der Waals surface area contributed by atoms with Crippen molar-refractivity contribution in [1.29, 1.82) is 0 Å². The summed E-state index contributed by atoms with van der Waals surface area (Å²) in [5.74, 6) is 2.23. The van der Waals surface area contributed by atoms with Gasteiger partial charge in [-0.1, -0.05) is 13.8 Å². The van der Waals surface area contributed by atoms with Crippen molar-refractivity contribution in [1.82, 2.24) is 5.32 Å². The lowest BCUT2D eigenvalue weighted by Gasteiger charge is -2.23. The van der Waals surface area contributed by atoms with Gasteiger partial charge in [-0.3, -0.25) is 0 Å². The van der Waals surface area contributed by atoms with E-state index in [4.69, 9.17) is 15.2 Å². The van der Waals surface area contributed by atoms with Crippen LogP contribution in [0.2, 0.25) is 0 Å². The van der Waals surface area contributed by atoms with E-state index in [2.05, 4.69) is 38.2 Å². The summed E-state index contributed by atoms with van der Waals surface area (Å²) in [6.07, 6.45) is 0. The van der Waals surface area contributed by atoms with Crippen molar-refractivity contribution in [3.8, 4) is 11.5 Å². The van der Waals surface area contributed by atoms with Crippen LogP contribution in [0.3, 0.4) is 0 Å². The molecule has 0 aliphatic carbocycles. The van der Waals surface area contributed by atoms with E-state index in [1.807, 2.05) is 0 Å². The van der Waals surface area contributed by atoms with Crippen LogP contribution >= 0.6 is 0 Å². The van der Waals surface area contributed by atoms with Crippen LogP contribution in [0.25, 0.3) is 0 Å². The lowest BCUT2D eigenvalue weighted by molar-refractivity contribution is 0.171. The van der Waals surface area contributed by atoms with Crippen molar-refractivity contribution < 1.29 is 9.47 Å². The molecule has 1 aliphatic heterocycles. The maximum absolute atomic E-state index is 5.78. The highest BCUT2D eigenvalue weighted by atomic mass is 16.6. The zero-order valence-corrected chi connectivity index (χ0v) is 12.0. The summed E-state index contributed by atoms with van der Waals surface area (Å²) in [6, 6.07) is 4.47. The number of fused-ring (bicyclic) bond motifs is 1. The van der Waals surface area contributed by atoms with Crippen LogP contribution in [0.1, 0.15) is 25.0 Å². The molecule has 0 aromatic heterocycles. The topological polar surface area (TPSA) is 56.5 Å². The van der Waals surface area contributed by atoms with Crippen LogP contribution in [0, 0.1) is 12.8 Å². The van der Waals surface area contributed by atoms with E-state index in [0.717, 1.165) is 18.0 Å². The van der Waals surface area contributed by atoms with Crippen LogP contribution in [-0.2, 0) is 6.54 Å². The second-order valence-corrected chi connectivity index (χ2v) is 5.39. The van der Waals surface area contributed by atoms with E-state index in [1.54, 1.807) is 0 Å². The summed E-state index contributed by atoms with van der Waals surface area (Å²) in [6.45, 7) is 9.18. The molecule has 106 valence electrons. The molecule has 1 unspecified atom stereocenters. The van der Waals surface area contributed by atoms with Crippen molar-refractivity contribution in [2.75, 3.05) is 19.8 Å². The molecule has 0 saturated carbocycles. The van der Waals surface area contributed by atoms with Crippen molar-refractivity contribution in [2.45, 2.75) is 33.4 Å². The highest BCUT2D eigenvalue weighted by molar-refractivity contribution is 5.47. The molecule has 1 heterocycles. The standard InChI is InChI=1S/C15H24N2O2/c1-10(2)13(8-16)17-9-12-7-15-14(6-11(12)3)18-4-5-19-15/h6-7,10,13,17H,4-5,8-9,16H2,1-3H3. The third-order valence-electron chi connectivity index (χ3n) is 3.61. The number of aryl methyl sites for hydroxylation is 1. The molecular weight excluding hydrogens is 240 g/mol. The maximum atomic E-state index is 5.78. The lowest BCUT2D eigenvalue weighted by Crippen LogP contribution is -2.39. The third-order valence-corrected chi connectivity index (χ3v) is 3.61. The molecule has 1 aromatic carbocycles. The van der Waals surface area contributed by atoms with E-state index in [9.17, 15) is 0 Å². The molecule has 4 heteroatoms. The Morgan fingerprint density at radius 1 is 1.21 bits per heavy atom. The van der Waals surface area contributed by atoms with Crippen molar-refractivity contribution in [3.05, 3.63) is 23.3 Å². The maximum Gasteiger partial charge on any atom is 0.161 e. The van der Waals surface area contributed by atoms with Gasteiger partial charge in [0.2, 0.25) is 0 Å². The average Bonchev–Trinajstić information content (AvgIpc) is 2.39. The van der Waals surface area contributed by atoms with Gasteiger partial charge in [0.15, 0.2) is 11.5 Å². The number of benzene rings is 1. The van der Waals surface area contributed by atoms with Crippen LogP contribution in [0.15, 0.2) is 12.1 Å². The molecule has 4 nitrogen and oxygen atoms in total. The summed E-state index contributed by atoms with van der Waals surface area (Å²) >= 11 is 0. The van der Waals surface area contributed by atoms with E-state index in [1.165, 1.54) is 11.1 Å². The minimum absolute atomic E-state index is 0.340. The smallest absolute Gasteiger partial charge is 0.161 e. The minimum Gasteiger partial charge on any atom is -0.486 e. The van der Waals surface area contributed by atoms with E-state index in [-0.39, 0.29) is 0 Å². The average molecular weight is 264 g/mol. The van der Waals surface area contributed by atoms with Gasteiger partial charge in [0.25, 0.3) is 0 Å². The highest BCUT2D eigenvalue weighted by Gasteiger charge is 2.15. The number of ether oxygens (including phenoxy) is 2. The first-order chi connectivity index (χ1) is 9.11. The molecule has 3 N–H and O–H groups in total. The Kier molecular flexibility index (Phi) is 4.66. The Labute approximate surface area is 115 Å². The summed E-state index contributed by atoms with van der Waals surface area (Å²) in [5.41, 5.74) is 8.24. The Morgan fingerprint density at radius 2 is 1.84 bits per heavy atom. The normalized spacial score (nSPS) is 15.6. The fraction of sp³-hybridized carbons (Fsp3) is 0.600. The zero-order valence-electron chi connectivity index (χ0n) is 12.0. The van der Waals surface area contributed by atoms with Crippen molar-refractivity contribution in [3.63, 3.8) is 0 Å². The molecule has 19 heavy (non-hydrogen) atoms. The molecule has 0 amide bonds. The number of rotatable bonds is 5. The highest BCUT2D eigenvalue weighted by Crippen LogP contribution is 2.32. The van der Waals surface area contributed by atoms with Gasteiger partial charge in [0.1, 0.15) is 13.2 Å². The second kappa shape index (κ2) is 6.26. The van der Waals surface area contributed by atoms with Gasteiger partial charge in [-0.25, -0.2) is 0 Å². The fourth-order valence-electron chi connectivity index (χ4n) is 2.26. The zero-order chi connectivity index (χ0) is 13.8. The van der Waals surface area contributed by atoms with Gasteiger partial charge < -0.3 is 20.5 Å². The largest absolute Gasteiger partial charge is 0.486 e.